The second kappa shape index (κ2) is 6.09. The molecule has 128 valence electrons. The summed E-state index contributed by atoms with van der Waals surface area (Å²) in [6.07, 6.45) is 0.980. The van der Waals surface area contributed by atoms with Gasteiger partial charge in [0.15, 0.2) is 11.5 Å². The fraction of sp³-hybridized carbons (Fsp3) is 0.200. The first-order valence-electron chi connectivity index (χ1n) is 8.34. The van der Waals surface area contributed by atoms with Crippen LogP contribution in [0.25, 0.3) is 22.0 Å². The molecule has 1 aliphatic heterocycles. The molecule has 1 aliphatic carbocycles. The van der Waals surface area contributed by atoms with E-state index in [-0.39, 0.29) is 0 Å². The molecule has 5 heteroatoms. The van der Waals surface area contributed by atoms with Crippen molar-refractivity contribution in [3.8, 4) is 22.8 Å². The average molecular weight is 335 g/mol. The number of para-hydroxylation sites is 1. The highest BCUT2D eigenvalue weighted by atomic mass is 16.5. The van der Waals surface area contributed by atoms with Crippen LogP contribution in [0.2, 0.25) is 0 Å². The summed E-state index contributed by atoms with van der Waals surface area (Å²) in [5.41, 5.74) is 4.55. The van der Waals surface area contributed by atoms with Crippen molar-refractivity contribution in [2.24, 2.45) is 0 Å². The Bertz CT molecular complexity index is 1000. The number of rotatable bonds is 5. The number of methoxy groups -OCH3 is 2. The monoisotopic (exact) mass is 335 g/mol. The third-order valence-electron chi connectivity index (χ3n) is 4.63. The number of H-pyrrole nitrogens is 2. The van der Waals surface area contributed by atoms with Gasteiger partial charge in [0.1, 0.15) is 5.82 Å². The molecule has 25 heavy (non-hydrogen) atoms. The first-order chi connectivity index (χ1) is 12.2. The number of ether oxygens (including phenoxy) is 2. The second-order valence-corrected chi connectivity index (χ2v) is 5.99. The normalized spacial score (nSPS) is 11.2. The van der Waals surface area contributed by atoms with Crippen molar-refractivity contribution in [1.29, 1.82) is 0 Å². The van der Waals surface area contributed by atoms with E-state index < -0.39 is 0 Å². The Labute approximate surface area is 146 Å². The van der Waals surface area contributed by atoms with Crippen molar-refractivity contribution in [2.45, 2.75) is 13.3 Å². The molecule has 0 aromatic heterocycles. The number of hydrogen-bond acceptors (Lipinski definition) is 3. The number of aromatic nitrogens is 2. The van der Waals surface area contributed by atoms with Gasteiger partial charge >= 0.3 is 0 Å². The Morgan fingerprint density at radius 1 is 0.960 bits per heavy atom. The van der Waals surface area contributed by atoms with Gasteiger partial charge in [-0.05, 0) is 41.6 Å². The van der Waals surface area contributed by atoms with E-state index in [1.807, 2.05) is 18.2 Å². The molecule has 5 nitrogen and oxygen atoms in total. The molecule has 2 aromatic rings. The minimum absolute atomic E-state index is 0.725. The van der Waals surface area contributed by atoms with Crippen molar-refractivity contribution in [2.75, 3.05) is 19.5 Å². The van der Waals surface area contributed by atoms with Gasteiger partial charge in [0, 0.05) is 16.6 Å². The van der Waals surface area contributed by atoms with Crippen molar-refractivity contribution in [1.82, 2.24) is 10.2 Å². The summed E-state index contributed by atoms with van der Waals surface area (Å²) in [5, 5.41) is 12.2. The average Bonchev–Trinajstić information content (AvgIpc) is 3.20. The zero-order valence-corrected chi connectivity index (χ0v) is 14.6. The van der Waals surface area contributed by atoms with Gasteiger partial charge in [-0.1, -0.05) is 25.1 Å². The Balaban J connectivity index is 1.79. The highest BCUT2D eigenvalue weighted by Crippen LogP contribution is 2.42. The molecular formula is C20H21N3O2. The van der Waals surface area contributed by atoms with Gasteiger partial charge in [-0.2, -0.15) is 0 Å². The molecule has 0 radical (unpaired) electrons. The van der Waals surface area contributed by atoms with Crippen molar-refractivity contribution >= 4 is 22.3 Å². The van der Waals surface area contributed by atoms with Gasteiger partial charge in [-0.25, -0.2) is 0 Å². The number of anilines is 2. The van der Waals surface area contributed by atoms with E-state index in [4.69, 9.17) is 9.47 Å². The summed E-state index contributed by atoms with van der Waals surface area (Å²) in [6.45, 7) is 2.16. The Morgan fingerprint density at radius 2 is 1.72 bits per heavy atom. The first kappa shape index (κ1) is 15.4. The lowest BCUT2D eigenvalue weighted by atomic mass is 10.1. The summed E-state index contributed by atoms with van der Waals surface area (Å²) in [5.74, 6) is 2.41. The maximum absolute atomic E-state index is 5.43. The molecule has 2 aliphatic rings. The molecule has 0 saturated heterocycles. The van der Waals surface area contributed by atoms with Crippen LogP contribution in [0.5, 0.6) is 11.5 Å². The van der Waals surface area contributed by atoms with Gasteiger partial charge < -0.3 is 14.8 Å². The molecule has 1 heterocycles. The number of aromatic amines is 2. The number of aryl methyl sites for hydroxylation is 1. The lowest BCUT2D eigenvalue weighted by Crippen LogP contribution is -1.95. The standard InChI is InChI=1S/C20H21N3O2/c1-4-12-7-5-6-8-16(12)21-20-15-9-13-10-17(24-2)18(25-3)11-14(13)19(15)22-23-20/h5-11,21-23H,4H2,1-3H3. The zero-order chi connectivity index (χ0) is 17.4. The van der Waals surface area contributed by atoms with E-state index in [9.17, 15) is 0 Å². The molecule has 2 aromatic carbocycles. The maximum Gasteiger partial charge on any atom is 0.161 e. The van der Waals surface area contributed by atoms with Crippen LogP contribution >= 0.6 is 0 Å². The van der Waals surface area contributed by atoms with Crippen LogP contribution in [0.4, 0.5) is 11.5 Å². The largest absolute Gasteiger partial charge is 0.493 e. The lowest BCUT2D eigenvalue weighted by Gasteiger charge is -2.09. The number of fused-ring (bicyclic) bond motifs is 3. The van der Waals surface area contributed by atoms with Crippen molar-refractivity contribution < 1.29 is 9.47 Å². The third-order valence-corrected chi connectivity index (χ3v) is 4.63. The van der Waals surface area contributed by atoms with Crippen LogP contribution in [0.15, 0.2) is 42.5 Å². The molecule has 3 N–H and O–H groups in total. The number of hydrogen-bond donors (Lipinski definition) is 3. The summed E-state index contributed by atoms with van der Waals surface area (Å²) < 4.78 is 10.8. The van der Waals surface area contributed by atoms with Gasteiger partial charge in [-0.15, -0.1) is 0 Å². The summed E-state index contributed by atoms with van der Waals surface area (Å²) in [4.78, 5) is 0. The quantitative estimate of drug-likeness (QED) is 0.485. The first-order valence-corrected chi connectivity index (χ1v) is 8.34. The highest BCUT2D eigenvalue weighted by molar-refractivity contribution is 6.05. The fourth-order valence-electron chi connectivity index (χ4n) is 3.31. The zero-order valence-electron chi connectivity index (χ0n) is 14.6. The predicted octanol–water partition coefficient (Wildman–Crippen LogP) is 4.92. The van der Waals surface area contributed by atoms with Crippen LogP contribution in [0.1, 0.15) is 12.5 Å². The van der Waals surface area contributed by atoms with Crippen LogP contribution in [0.3, 0.4) is 0 Å². The molecule has 0 atom stereocenters. The molecule has 0 amide bonds. The SMILES string of the molecule is CCc1ccccc1Nc1[nH][nH]c2c3cc(OC)c(OC)cc3cc1-2. The second-order valence-electron chi connectivity index (χ2n) is 5.99. The van der Waals surface area contributed by atoms with Gasteiger partial charge in [0.2, 0.25) is 0 Å². The topological polar surface area (TPSA) is 62.1 Å². The molecule has 0 bridgehead atoms. The van der Waals surface area contributed by atoms with E-state index in [0.29, 0.717) is 0 Å². The third kappa shape index (κ3) is 2.48. The van der Waals surface area contributed by atoms with E-state index in [1.54, 1.807) is 14.2 Å². The van der Waals surface area contributed by atoms with Gasteiger partial charge in [-0.3, -0.25) is 10.2 Å². The minimum atomic E-state index is 0.725. The predicted molar refractivity (Wildman–Crippen MR) is 101 cm³/mol. The van der Waals surface area contributed by atoms with Crippen molar-refractivity contribution in [3.05, 3.63) is 48.0 Å². The molecular weight excluding hydrogens is 314 g/mol. The molecule has 0 unspecified atom stereocenters. The number of benzene rings is 2. The minimum Gasteiger partial charge on any atom is -0.493 e. The van der Waals surface area contributed by atoms with E-state index in [2.05, 4.69) is 46.7 Å². The smallest absolute Gasteiger partial charge is 0.161 e. The van der Waals surface area contributed by atoms with Gasteiger partial charge in [0.25, 0.3) is 0 Å². The summed E-state index contributed by atoms with van der Waals surface area (Å²) in [7, 11) is 3.31. The highest BCUT2D eigenvalue weighted by Gasteiger charge is 2.19. The molecule has 0 saturated carbocycles. The van der Waals surface area contributed by atoms with Gasteiger partial charge in [0.05, 0.1) is 19.9 Å². The Hall–Kier alpha value is -3.08. The van der Waals surface area contributed by atoms with E-state index in [1.165, 1.54) is 5.56 Å². The fourth-order valence-corrected chi connectivity index (χ4v) is 3.31. The van der Waals surface area contributed by atoms with Crippen LogP contribution in [0, 0.1) is 0 Å². The lowest BCUT2D eigenvalue weighted by molar-refractivity contribution is 0.356. The van der Waals surface area contributed by atoms with Crippen LogP contribution < -0.4 is 14.8 Å². The van der Waals surface area contributed by atoms with E-state index >= 15 is 0 Å². The van der Waals surface area contributed by atoms with Crippen LogP contribution in [-0.2, 0) is 6.42 Å². The molecule has 0 fully saturated rings. The van der Waals surface area contributed by atoms with E-state index in [0.717, 1.165) is 51.5 Å². The van der Waals surface area contributed by atoms with Crippen molar-refractivity contribution in [3.63, 3.8) is 0 Å². The maximum atomic E-state index is 5.43. The summed E-state index contributed by atoms with van der Waals surface area (Å²) >= 11 is 0. The number of nitrogens with one attached hydrogen (secondary N) is 3. The van der Waals surface area contributed by atoms with Crippen LogP contribution in [-0.4, -0.2) is 24.4 Å². The molecule has 0 spiro atoms. The molecule has 4 rings (SSSR count). The summed E-state index contributed by atoms with van der Waals surface area (Å²) in [6, 6.07) is 14.5. The Kier molecular flexibility index (Phi) is 3.76. The Morgan fingerprint density at radius 3 is 2.48 bits per heavy atom.